The van der Waals surface area contributed by atoms with Gasteiger partial charge in [-0.1, -0.05) is 6.92 Å². The first-order chi connectivity index (χ1) is 11.5. The van der Waals surface area contributed by atoms with Gasteiger partial charge in [0.2, 0.25) is 0 Å². The number of fused-ring (bicyclic) bond motifs is 1. The molecular weight excluding hydrogens is 306 g/mol. The van der Waals surface area contributed by atoms with Crippen LogP contribution in [0.15, 0.2) is 6.07 Å². The molecule has 0 saturated heterocycles. The van der Waals surface area contributed by atoms with E-state index in [0.29, 0.717) is 13.0 Å². The molecule has 132 valence electrons. The Morgan fingerprint density at radius 1 is 1.25 bits per heavy atom. The smallest absolute Gasteiger partial charge is 0.0975 e. The quantitative estimate of drug-likeness (QED) is 0.829. The molecule has 2 aromatic rings. The van der Waals surface area contributed by atoms with Crippen molar-refractivity contribution < 1.29 is 10.2 Å². The largest absolute Gasteiger partial charge is 0.394 e. The highest BCUT2D eigenvalue weighted by molar-refractivity contribution is 5.25. The van der Waals surface area contributed by atoms with Crippen LogP contribution in [0.1, 0.15) is 47.8 Å². The normalized spacial score (nSPS) is 16.4. The van der Waals surface area contributed by atoms with E-state index in [1.165, 1.54) is 5.56 Å². The minimum absolute atomic E-state index is 0.104. The maximum atomic E-state index is 9.98. The molecule has 0 saturated carbocycles. The molecule has 24 heavy (non-hydrogen) atoms. The lowest BCUT2D eigenvalue weighted by Gasteiger charge is -2.27. The highest BCUT2D eigenvalue weighted by Gasteiger charge is 2.22. The third-order valence-electron chi connectivity index (χ3n) is 4.85. The fourth-order valence-electron chi connectivity index (χ4n) is 3.35. The molecule has 1 atom stereocenters. The van der Waals surface area contributed by atoms with Crippen molar-refractivity contribution in [2.24, 2.45) is 0 Å². The Morgan fingerprint density at radius 2 is 2.04 bits per heavy atom. The molecule has 2 N–H and O–H groups in total. The molecule has 3 heterocycles. The Labute approximate surface area is 142 Å². The predicted molar refractivity (Wildman–Crippen MR) is 90.4 cm³/mol. The van der Waals surface area contributed by atoms with Crippen LogP contribution in [0, 0.1) is 13.8 Å². The Bertz CT molecular complexity index is 706. The fraction of sp³-hybridized carbons (Fsp3) is 0.647. The van der Waals surface area contributed by atoms with Crippen LogP contribution in [0.3, 0.4) is 0 Å². The molecular formula is C17H27N5O2. The first-order valence-electron chi connectivity index (χ1n) is 8.64. The zero-order valence-electron chi connectivity index (χ0n) is 14.7. The average molecular weight is 333 g/mol. The van der Waals surface area contributed by atoms with Crippen molar-refractivity contribution in [3.63, 3.8) is 0 Å². The molecule has 1 unspecified atom stereocenters. The van der Waals surface area contributed by atoms with Crippen molar-refractivity contribution >= 4 is 0 Å². The van der Waals surface area contributed by atoms with Crippen molar-refractivity contribution in [1.82, 2.24) is 24.5 Å². The number of hydrogen-bond donors (Lipinski definition) is 2. The van der Waals surface area contributed by atoms with Gasteiger partial charge in [-0.05, 0) is 26.3 Å². The molecule has 7 heteroatoms. The van der Waals surface area contributed by atoms with Crippen molar-refractivity contribution in [3.05, 3.63) is 34.4 Å². The number of nitrogens with zero attached hydrogens (tertiary/aromatic N) is 5. The van der Waals surface area contributed by atoms with E-state index in [1.807, 2.05) is 29.3 Å². The van der Waals surface area contributed by atoms with Crippen LogP contribution >= 0.6 is 0 Å². The third kappa shape index (κ3) is 3.24. The summed E-state index contributed by atoms with van der Waals surface area (Å²) in [6.45, 7) is 10.1. The van der Waals surface area contributed by atoms with Gasteiger partial charge < -0.3 is 10.2 Å². The minimum atomic E-state index is -0.474. The molecule has 0 amide bonds. The van der Waals surface area contributed by atoms with Gasteiger partial charge in [0.25, 0.3) is 0 Å². The highest BCUT2D eigenvalue weighted by atomic mass is 16.3. The van der Waals surface area contributed by atoms with Gasteiger partial charge in [-0.3, -0.25) is 14.3 Å². The lowest BCUT2D eigenvalue weighted by atomic mass is 10.1. The average Bonchev–Trinajstić information content (AvgIpc) is 3.11. The summed E-state index contributed by atoms with van der Waals surface area (Å²) in [5.74, 6) is 0. The molecule has 7 nitrogen and oxygen atoms in total. The van der Waals surface area contributed by atoms with Gasteiger partial charge in [0.1, 0.15) is 0 Å². The maximum absolute atomic E-state index is 9.98. The van der Waals surface area contributed by atoms with E-state index in [-0.39, 0.29) is 6.61 Å². The van der Waals surface area contributed by atoms with E-state index in [1.54, 1.807) is 0 Å². The molecule has 2 aromatic heterocycles. The van der Waals surface area contributed by atoms with Crippen molar-refractivity contribution in [3.8, 4) is 0 Å². The van der Waals surface area contributed by atoms with Crippen molar-refractivity contribution in [2.75, 3.05) is 13.2 Å². The van der Waals surface area contributed by atoms with E-state index in [2.05, 4.69) is 22.0 Å². The molecule has 1 aliphatic rings. The SMILES string of the molecule is CCC(O)c1cc2n(n1)CCN(Cc1c(C)nn(CCO)c1C)C2. The topological polar surface area (TPSA) is 79.3 Å². The van der Waals surface area contributed by atoms with E-state index < -0.39 is 6.10 Å². The number of aliphatic hydroxyl groups is 2. The van der Waals surface area contributed by atoms with Gasteiger partial charge in [-0.25, -0.2) is 0 Å². The standard InChI is InChI=1S/C17H27N5O2/c1-4-17(24)16-9-14-10-20(5-6-22(14)19-16)11-15-12(2)18-21(7-8-23)13(15)3/h9,17,23-24H,4-8,10-11H2,1-3H3. The number of rotatable bonds is 6. The van der Waals surface area contributed by atoms with Gasteiger partial charge in [0.15, 0.2) is 0 Å². The fourth-order valence-corrected chi connectivity index (χ4v) is 3.35. The summed E-state index contributed by atoms with van der Waals surface area (Å²) < 4.78 is 3.90. The van der Waals surface area contributed by atoms with Crippen LogP contribution in [0.2, 0.25) is 0 Å². The van der Waals surface area contributed by atoms with E-state index >= 15 is 0 Å². The second-order valence-corrected chi connectivity index (χ2v) is 6.51. The van der Waals surface area contributed by atoms with Crippen LogP contribution in [-0.4, -0.2) is 47.8 Å². The van der Waals surface area contributed by atoms with Crippen LogP contribution in [0.4, 0.5) is 0 Å². The molecule has 0 aliphatic carbocycles. The van der Waals surface area contributed by atoms with Crippen molar-refractivity contribution in [2.45, 2.75) is 59.5 Å². The lowest BCUT2D eigenvalue weighted by Crippen LogP contribution is -2.33. The van der Waals surface area contributed by atoms with Crippen LogP contribution in [0.25, 0.3) is 0 Å². The summed E-state index contributed by atoms with van der Waals surface area (Å²) >= 11 is 0. The Hall–Kier alpha value is -1.70. The van der Waals surface area contributed by atoms with Gasteiger partial charge >= 0.3 is 0 Å². The molecule has 0 bridgehead atoms. The minimum Gasteiger partial charge on any atom is -0.394 e. The number of aryl methyl sites for hydroxylation is 1. The second kappa shape index (κ2) is 7.04. The first kappa shape index (κ1) is 17.1. The molecule has 3 rings (SSSR count). The molecule has 0 aromatic carbocycles. The zero-order valence-corrected chi connectivity index (χ0v) is 14.7. The monoisotopic (exact) mass is 333 g/mol. The number of aromatic nitrogens is 4. The van der Waals surface area contributed by atoms with Gasteiger partial charge in [-0.15, -0.1) is 0 Å². The number of aliphatic hydroxyl groups excluding tert-OH is 2. The maximum Gasteiger partial charge on any atom is 0.0975 e. The summed E-state index contributed by atoms with van der Waals surface area (Å²) in [6.07, 6.45) is 0.209. The first-order valence-corrected chi connectivity index (χ1v) is 8.64. The van der Waals surface area contributed by atoms with E-state index in [4.69, 9.17) is 5.11 Å². The second-order valence-electron chi connectivity index (χ2n) is 6.51. The molecule has 0 radical (unpaired) electrons. The summed E-state index contributed by atoms with van der Waals surface area (Å²) in [7, 11) is 0. The van der Waals surface area contributed by atoms with Crippen molar-refractivity contribution in [1.29, 1.82) is 0 Å². The molecule has 0 spiro atoms. The van der Waals surface area contributed by atoms with E-state index in [0.717, 1.165) is 49.0 Å². The number of hydrogen-bond acceptors (Lipinski definition) is 5. The summed E-state index contributed by atoms with van der Waals surface area (Å²) in [6, 6.07) is 2.02. The highest BCUT2D eigenvalue weighted by Crippen LogP contribution is 2.22. The summed E-state index contributed by atoms with van der Waals surface area (Å²) in [4.78, 5) is 2.39. The Kier molecular flexibility index (Phi) is 5.03. The third-order valence-corrected chi connectivity index (χ3v) is 4.85. The van der Waals surface area contributed by atoms with Crippen LogP contribution in [-0.2, 0) is 26.2 Å². The van der Waals surface area contributed by atoms with Gasteiger partial charge in [0.05, 0.1) is 42.9 Å². The predicted octanol–water partition coefficient (Wildman–Crippen LogP) is 1.15. The summed E-state index contributed by atoms with van der Waals surface area (Å²) in [5, 5.41) is 28.2. The Balaban J connectivity index is 1.73. The lowest BCUT2D eigenvalue weighted by molar-refractivity contribution is 0.166. The molecule has 0 fully saturated rings. The Morgan fingerprint density at radius 3 is 2.75 bits per heavy atom. The zero-order chi connectivity index (χ0) is 17.3. The van der Waals surface area contributed by atoms with Gasteiger partial charge in [0, 0.05) is 30.9 Å². The summed E-state index contributed by atoms with van der Waals surface area (Å²) in [5.41, 5.74) is 5.33. The van der Waals surface area contributed by atoms with Crippen LogP contribution < -0.4 is 0 Å². The van der Waals surface area contributed by atoms with E-state index in [9.17, 15) is 5.11 Å². The molecule has 1 aliphatic heterocycles. The van der Waals surface area contributed by atoms with Gasteiger partial charge in [-0.2, -0.15) is 10.2 Å². The van der Waals surface area contributed by atoms with Crippen LogP contribution in [0.5, 0.6) is 0 Å².